The van der Waals surface area contributed by atoms with Crippen LogP contribution >= 0.6 is 15.9 Å². The van der Waals surface area contributed by atoms with Crippen LogP contribution in [-0.2, 0) is 0 Å². The molecule has 1 aromatic rings. The molecule has 3 N–H and O–H groups in total. The van der Waals surface area contributed by atoms with Gasteiger partial charge in [0.25, 0.3) is 0 Å². The fourth-order valence-corrected chi connectivity index (χ4v) is 0.767. The topological polar surface area (TPSA) is 59.1 Å². The Kier molecular flexibility index (Phi) is 1.57. The highest BCUT2D eigenvalue weighted by molar-refractivity contribution is 9.10. The van der Waals surface area contributed by atoms with Crippen molar-refractivity contribution in [2.24, 2.45) is 0 Å². The largest absolute Gasteiger partial charge is 0.503 e. The maximum absolute atomic E-state index is 8.97. The number of hydrogen-bond donors (Lipinski definition) is 2. The lowest BCUT2D eigenvalue weighted by atomic mass is 10.4. The van der Waals surface area contributed by atoms with Gasteiger partial charge in [-0.3, -0.25) is 0 Å². The lowest BCUT2D eigenvalue weighted by Gasteiger charge is -1.96. The van der Waals surface area contributed by atoms with E-state index in [1.54, 1.807) is 6.07 Å². The zero-order valence-electron chi connectivity index (χ0n) is 4.50. The van der Waals surface area contributed by atoms with E-state index < -0.39 is 0 Å². The summed E-state index contributed by atoms with van der Waals surface area (Å²) in [5, 5.41) is 8.97. The first-order chi connectivity index (χ1) is 4.22. The first kappa shape index (κ1) is 6.35. The Labute approximate surface area is 60.7 Å². The lowest BCUT2D eigenvalue weighted by molar-refractivity contribution is 0.472. The van der Waals surface area contributed by atoms with E-state index in [0.717, 1.165) is 0 Å². The van der Waals surface area contributed by atoms with Crippen molar-refractivity contribution in [3.8, 4) is 5.75 Å². The van der Waals surface area contributed by atoms with Gasteiger partial charge in [-0.1, -0.05) is 0 Å². The Morgan fingerprint density at radius 2 is 2.33 bits per heavy atom. The standard InChI is InChI=1S/C5H5BrN2O/c6-3-1-2-8-5(7)4(3)9/h1-2,9H,(H2,7,8). The molecule has 4 heteroatoms. The number of nitrogens with two attached hydrogens (primary N) is 1. The van der Waals surface area contributed by atoms with Gasteiger partial charge in [-0.2, -0.15) is 0 Å². The molecule has 0 unspecified atom stereocenters. The van der Waals surface area contributed by atoms with Crippen molar-refractivity contribution in [2.75, 3.05) is 5.73 Å². The first-order valence-corrected chi connectivity index (χ1v) is 3.10. The summed E-state index contributed by atoms with van der Waals surface area (Å²) in [5.41, 5.74) is 5.23. The smallest absolute Gasteiger partial charge is 0.172 e. The van der Waals surface area contributed by atoms with E-state index in [-0.39, 0.29) is 11.6 Å². The summed E-state index contributed by atoms with van der Waals surface area (Å²) >= 11 is 3.08. The van der Waals surface area contributed by atoms with Crippen LogP contribution in [0.5, 0.6) is 5.75 Å². The molecule has 0 bridgehead atoms. The molecule has 48 valence electrons. The summed E-state index contributed by atoms with van der Waals surface area (Å²) in [7, 11) is 0. The zero-order valence-corrected chi connectivity index (χ0v) is 6.09. The van der Waals surface area contributed by atoms with Gasteiger partial charge in [0.15, 0.2) is 11.6 Å². The number of anilines is 1. The number of halogens is 1. The van der Waals surface area contributed by atoms with Crippen molar-refractivity contribution < 1.29 is 5.11 Å². The Balaban J connectivity index is 3.25. The maximum atomic E-state index is 8.97. The zero-order chi connectivity index (χ0) is 6.85. The van der Waals surface area contributed by atoms with Crippen LogP contribution in [0, 0.1) is 0 Å². The summed E-state index contributed by atoms with van der Waals surface area (Å²) in [6.45, 7) is 0. The molecule has 0 aliphatic heterocycles. The fourth-order valence-electron chi connectivity index (χ4n) is 0.445. The highest BCUT2D eigenvalue weighted by Crippen LogP contribution is 2.26. The monoisotopic (exact) mass is 188 g/mol. The number of hydrogen-bond acceptors (Lipinski definition) is 3. The van der Waals surface area contributed by atoms with E-state index in [0.29, 0.717) is 4.47 Å². The van der Waals surface area contributed by atoms with E-state index in [2.05, 4.69) is 20.9 Å². The van der Waals surface area contributed by atoms with Crippen LogP contribution in [0.15, 0.2) is 16.7 Å². The number of nitrogens with zero attached hydrogens (tertiary/aromatic N) is 1. The lowest BCUT2D eigenvalue weighted by Crippen LogP contribution is -1.88. The van der Waals surface area contributed by atoms with Crippen molar-refractivity contribution in [3.05, 3.63) is 16.7 Å². The minimum absolute atomic E-state index is 0.00231. The molecule has 3 nitrogen and oxygen atoms in total. The normalized spacial score (nSPS) is 9.44. The Bertz CT molecular complexity index is 206. The molecule has 0 atom stereocenters. The number of rotatable bonds is 0. The molecular weight excluding hydrogens is 184 g/mol. The summed E-state index contributed by atoms with van der Waals surface area (Å²) < 4.78 is 0.565. The van der Waals surface area contributed by atoms with Crippen LogP contribution in [0.1, 0.15) is 0 Å². The second-order valence-corrected chi connectivity index (χ2v) is 2.38. The highest BCUT2D eigenvalue weighted by Gasteiger charge is 1.99. The molecule has 0 spiro atoms. The number of aromatic nitrogens is 1. The predicted molar refractivity (Wildman–Crippen MR) is 38.0 cm³/mol. The average Bonchev–Trinajstić information content (AvgIpc) is 1.83. The molecule has 0 saturated heterocycles. The van der Waals surface area contributed by atoms with Crippen molar-refractivity contribution in [1.29, 1.82) is 0 Å². The van der Waals surface area contributed by atoms with Gasteiger partial charge in [-0.25, -0.2) is 4.98 Å². The van der Waals surface area contributed by atoms with Gasteiger partial charge in [0.2, 0.25) is 0 Å². The van der Waals surface area contributed by atoms with Gasteiger partial charge in [-0.05, 0) is 22.0 Å². The van der Waals surface area contributed by atoms with E-state index in [1.807, 2.05) is 0 Å². The quantitative estimate of drug-likeness (QED) is 0.643. The van der Waals surface area contributed by atoms with E-state index in [1.165, 1.54) is 6.20 Å². The summed E-state index contributed by atoms with van der Waals surface area (Å²) in [6, 6.07) is 1.62. The predicted octanol–water partition coefficient (Wildman–Crippen LogP) is 1.13. The molecule has 0 aromatic carbocycles. The molecule has 9 heavy (non-hydrogen) atoms. The highest BCUT2D eigenvalue weighted by atomic mass is 79.9. The van der Waals surface area contributed by atoms with Gasteiger partial charge >= 0.3 is 0 Å². The van der Waals surface area contributed by atoms with Crippen molar-refractivity contribution in [1.82, 2.24) is 4.98 Å². The minimum Gasteiger partial charge on any atom is -0.503 e. The average molecular weight is 189 g/mol. The van der Waals surface area contributed by atoms with Gasteiger partial charge in [-0.15, -0.1) is 0 Å². The van der Waals surface area contributed by atoms with Gasteiger partial charge in [0, 0.05) is 6.20 Å². The fraction of sp³-hybridized carbons (Fsp3) is 0. The van der Waals surface area contributed by atoms with Crippen molar-refractivity contribution in [3.63, 3.8) is 0 Å². The van der Waals surface area contributed by atoms with Crippen molar-refractivity contribution in [2.45, 2.75) is 0 Å². The molecule has 1 heterocycles. The minimum atomic E-state index is -0.00231. The molecule has 0 aliphatic carbocycles. The maximum Gasteiger partial charge on any atom is 0.172 e. The third-order valence-corrected chi connectivity index (χ3v) is 1.54. The summed E-state index contributed by atoms with van der Waals surface area (Å²) in [4.78, 5) is 3.64. The summed E-state index contributed by atoms with van der Waals surface area (Å²) in [6.07, 6.45) is 1.51. The van der Waals surface area contributed by atoms with Crippen LogP contribution < -0.4 is 5.73 Å². The Morgan fingerprint density at radius 1 is 1.67 bits per heavy atom. The van der Waals surface area contributed by atoms with Crippen LogP contribution in [0.3, 0.4) is 0 Å². The van der Waals surface area contributed by atoms with E-state index in [9.17, 15) is 0 Å². The van der Waals surface area contributed by atoms with Crippen LogP contribution in [0.25, 0.3) is 0 Å². The Morgan fingerprint density at radius 3 is 2.78 bits per heavy atom. The van der Waals surface area contributed by atoms with Gasteiger partial charge < -0.3 is 10.8 Å². The van der Waals surface area contributed by atoms with Crippen LogP contribution in [-0.4, -0.2) is 10.1 Å². The van der Waals surface area contributed by atoms with E-state index >= 15 is 0 Å². The van der Waals surface area contributed by atoms with Gasteiger partial charge in [0.05, 0.1) is 4.47 Å². The number of aromatic hydroxyl groups is 1. The Hall–Kier alpha value is -0.770. The number of nitrogen functional groups attached to an aromatic ring is 1. The van der Waals surface area contributed by atoms with Crippen LogP contribution in [0.2, 0.25) is 0 Å². The van der Waals surface area contributed by atoms with Gasteiger partial charge in [0.1, 0.15) is 0 Å². The van der Waals surface area contributed by atoms with E-state index in [4.69, 9.17) is 10.8 Å². The SMILES string of the molecule is Nc1nccc(Br)c1O. The molecule has 0 fully saturated rings. The molecule has 1 rings (SSSR count). The molecule has 1 aromatic heterocycles. The first-order valence-electron chi connectivity index (χ1n) is 2.31. The molecule has 0 saturated carbocycles. The molecule has 0 aliphatic rings. The third-order valence-electron chi connectivity index (χ3n) is 0.903. The van der Waals surface area contributed by atoms with Crippen molar-refractivity contribution >= 4 is 21.7 Å². The molecular formula is C5H5BrN2O. The molecule has 0 amide bonds. The third kappa shape index (κ3) is 1.13. The molecule has 0 radical (unpaired) electrons. The second kappa shape index (κ2) is 2.23. The summed E-state index contributed by atoms with van der Waals surface area (Å²) in [5.74, 6) is 0.141. The number of pyridine rings is 1. The van der Waals surface area contributed by atoms with Crippen LogP contribution in [0.4, 0.5) is 5.82 Å². The second-order valence-electron chi connectivity index (χ2n) is 1.53.